The first-order valence-corrected chi connectivity index (χ1v) is 3.13. The largest absolute Gasteiger partial charge is 0.550 e. The van der Waals surface area contributed by atoms with Gasteiger partial charge in [-0.05, 0) is 0 Å². The third-order valence-corrected chi connectivity index (χ3v) is 1.27. The molecule has 0 aromatic rings. The van der Waals surface area contributed by atoms with Crippen molar-refractivity contribution in [1.29, 1.82) is 0 Å². The Bertz CT molecular complexity index is 227. The van der Waals surface area contributed by atoms with Gasteiger partial charge in [-0.25, -0.2) is 4.79 Å². The summed E-state index contributed by atoms with van der Waals surface area (Å²) in [6.07, 6.45) is -2.59. The lowest BCUT2D eigenvalue weighted by atomic mass is 9.96. The van der Waals surface area contributed by atoms with E-state index >= 15 is 0 Å². The molecule has 0 aliphatic carbocycles. The van der Waals surface area contributed by atoms with E-state index in [1.54, 1.807) is 0 Å². The molecule has 0 radical (unpaired) electrons. The maximum absolute atomic E-state index is 10.3. The van der Waals surface area contributed by atoms with Crippen LogP contribution in [0.2, 0.25) is 0 Å². The van der Waals surface area contributed by atoms with Crippen LogP contribution in [0.25, 0.3) is 0 Å². The van der Waals surface area contributed by atoms with Gasteiger partial charge in [0.1, 0.15) is 0 Å². The second-order valence-corrected chi connectivity index (χ2v) is 2.43. The molecule has 7 heteroatoms. The standard InChI is InChI=1S/C6H8O7/c7-3(8)1-6(13,5(11)12)2-4(9)10/h13H,1-2H2,(H,7,8)(H,9,10)(H,11,12)/p-2. The van der Waals surface area contributed by atoms with Gasteiger partial charge in [0.05, 0.1) is 0 Å². The Morgan fingerprint density at radius 2 is 1.38 bits per heavy atom. The summed E-state index contributed by atoms with van der Waals surface area (Å²) in [5.41, 5.74) is -2.86. The van der Waals surface area contributed by atoms with E-state index in [4.69, 9.17) is 10.2 Å². The highest BCUT2D eigenvalue weighted by Gasteiger charge is 2.36. The van der Waals surface area contributed by atoms with Crippen LogP contribution in [0.15, 0.2) is 0 Å². The zero-order chi connectivity index (χ0) is 10.6. The van der Waals surface area contributed by atoms with E-state index in [0.717, 1.165) is 0 Å². The molecule has 74 valence electrons. The SMILES string of the molecule is O=C([O-])CC(O)(CC(=O)[O-])C(=O)O. The van der Waals surface area contributed by atoms with E-state index in [-0.39, 0.29) is 0 Å². The minimum atomic E-state index is -2.86. The molecule has 0 bridgehead atoms. The van der Waals surface area contributed by atoms with Crippen molar-refractivity contribution in [2.75, 3.05) is 0 Å². The highest BCUT2D eigenvalue weighted by atomic mass is 16.4. The molecule has 0 aromatic heterocycles. The van der Waals surface area contributed by atoms with Crippen molar-refractivity contribution in [1.82, 2.24) is 0 Å². The molecule has 0 fully saturated rings. The van der Waals surface area contributed by atoms with Crippen molar-refractivity contribution in [2.45, 2.75) is 18.4 Å². The van der Waals surface area contributed by atoms with Crippen LogP contribution in [0.1, 0.15) is 12.8 Å². The van der Waals surface area contributed by atoms with Crippen molar-refractivity contribution < 1.29 is 34.8 Å². The lowest BCUT2D eigenvalue weighted by molar-refractivity contribution is -0.314. The van der Waals surface area contributed by atoms with Crippen LogP contribution in [0.3, 0.4) is 0 Å². The lowest BCUT2D eigenvalue weighted by Crippen LogP contribution is -2.48. The number of aliphatic hydroxyl groups is 1. The molecule has 0 aliphatic rings. The number of aliphatic carboxylic acids is 3. The Hall–Kier alpha value is -1.63. The van der Waals surface area contributed by atoms with E-state index in [2.05, 4.69) is 0 Å². The van der Waals surface area contributed by atoms with Gasteiger partial charge in [0.2, 0.25) is 0 Å². The van der Waals surface area contributed by atoms with Gasteiger partial charge in [0, 0.05) is 24.8 Å². The van der Waals surface area contributed by atoms with E-state index in [1.807, 2.05) is 0 Å². The Morgan fingerprint density at radius 1 is 1.08 bits per heavy atom. The summed E-state index contributed by atoms with van der Waals surface area (Å²) < 4.78 is 0. The normalized spacial score (nSPS) is 10.8. The summed E-state index contributed by atoms with van der Waals surface area (Å²) in [6, 6.07) is 0. The van der Waals surface area contributed by atoms with Crippen molar-refractivity contribution in [2.24, 2.45) is 0 Å². The Morgan fingerprint density at radius 3 is 1.54 bits per heavy atom. The van der Waals surface area contributed by atoms with Crippen molar-refractivity contribution in [3.05, 3.63) is 0 Å². The third-order valence-electron chi connectivity index (χ3n) is 1.27. The van der Waals surface area contributed by atoms with Gasteiger partial charge in [0.25, 0.3) is 0 Å². The van der Waals surface area contributed by atoms with Crippen LogP contribution in [0, 0.1) is 0 Å². The second-order valence-electron chi connectivity index (χ2n) is 2.43. The van der Waals surface area contributed by atoms with Gasteiger partial charge in [-0.15, -0.1) is 0 Å². The van der Waals surface area contributed by atoms with Crippen LogP contribution in [0.5, 0.6) is 0 Å². The summed E-state index contributed by atoms with van der Waals surface area (Å²) >= 11 is 0. The number of carbonyl (C=O) groups excluding carboxylic acids is 2. The first kappa shape index (κ1) is 11.4. The molecule has 0 amide bonds. The van der Waals surface area contributed by atoms with Crippen LogP contribution in [-0.2, 0) is 14.4 Å². The number of carboxylic acid groups (broad SMARTS) is 3. The number of rotatable bonds is 5. The fourth-order valence-corrected chi connectivity index (χ4v) is 0.691. The average Bonchev–Trinajstić information content (AvgIpc) is 1.82. The van der Waals surface area contributed by atoms with Crippen molar-refractivity contribution in [3.63, 3.8) is 0 Å². The number of carboxylic acids is 3. The average molecular weight is 190 g/mol. The fourth-order valence-electron chi connectivity index (χ4n) is 0.691. The quantitative estimate of drug-likeness (QED) is 0.451. The van der Waals surface area contributed by atoms with Crippen LogP contribution < -0.4 is 10.2 Å². The monoisotopic (exact) mass is 190 g/mol. The zero-order valence-corrected chi connectivity index (χ0v) is 6.35. The molecule has 0 rings (SSSR count). The fraction of sp³-hybridized carbons (Fsp3) is 0.500. The van der Waals surface area contributed by atoms with Gasteiger partial charge in [-0.3, -0.25) is 0 Å². The molecular weight excluding hydrogens is 184 g/mol. The Balaban J connectivity index is 4.62. The van der Waals surface area contributed by atoms with E-state index in [9.17, 15) is 24.6 Å². The molecule has 0 spiro atoms. The lowest BCUT2D eigenvalue weighted by Gasteiger charge is -2.23. The van der Waals surface area contributed by atoms with Gasteiger partial charge >= 0.3 is 5.97 Å². The highest BCUT2D eigenvalue weighted by Crippen LogP contribution is 2.14. The highest BCUT2D eigenvalue weighted by molar-refractivity contribution is 5.87. The molecule has 0 unspecified atom stereocenters. The summed E-state index contributed by atoms with van der Waals surface area (Å²) in [7, 11) is 0. The Labute approximate surface area is 72.2 Å². The maximum Gasteiger partial charge on any atom is 0.336 e. The smallest absolute Gasteiger partial charge is 0.336 e. The van der Waals surface area contributed by atoms with E-state index in [1.165, 1.54) is 0 Å². The minimum Gasteiger partial charge on any atom is -0.550 e. The van der Waals surface area contributed by atoms with Crippen molar-refractivity contribution in [3.8, 4) is 0 Å². The van der Waals surface area contributed by atoms with Gasteiger partial charge in [0.15, 0.2) is 5.60 Å². The number of carbonyl (C=O) groups is 3. The van der Waals surface area contributed by atoms with E-state index < -0.39 is 36.4 Å². The van der Waals surface area contributed by atoms with Gasteiger partial charge in [-0.1, -0.05) is 0 Å². The Kier molecular flexibility index (Phi) is 3.37. The number of hydrogen-bond donors (Lipinski definition) is 2. The second kappa shape index (κ2) is 3.85. The molecule has 13 heavy (non-hydrogen) atoms. The summed E-state index contributed by atoms with van der Waals surface area (Å²) in [4.78, 5) is 30.2. The summed E-state index contributed by atoms with van der Waals surface area (Å²) in [6.45, 7) is 0. The number of hydrogen-bond acceptors (Lipinski definition) is 6. The maximum atomic E-state index is 10.3. The van der Waals surface area contributed by atoms with Crippen LogP contribution >= 0.6 is 0 Å². The first-order valence-electron chi connectivity index (χ1n) is 3.13. The predicted molar refractivity (Wildman–Crippen MR) is 31.8 cm³/mol. The van der Waals surface area contributed by atoms with Gasteiger partial charge < -0.3 is 30.0 Å². The molecule has 0 atom stereocenters. The molecule has 0 heterocycles. The molecule has 2 N–H and O–H groups in total. The summed E-state index contributed by atoms with van der Waals surface area (Å²) in [5, 5.41) is 37.2. The van der Waals surface area contributed by atoms with Gasteiger partial charge in [-0.2, -0.15) is 0 Å². The molecule has 0 aliphatic heterocycles. The first-order chi connectivity index (χ1) is 5.78. The van der Waals surface area contributed by atoms with Crippen LogP contribution in [-0.4, -0.2) is 33.7 Å². The zero-order valence-electron chi connectivity index (χ0n) is 6.35. The molecular formula is C6H6O7-2. The molecule has 7 nitrogen and oxygen atoms in total. The van der Waals surface area contributed by atoms with Crippen molar-refractivity contribution >= 4 is 17.9 Å². The molecule has 0 aromatic carbocycles. The molecule has 0 saturated carbocycles. The van der Waals surface area contributed by atoms with Crippen LogP contribution in [0.4, 0.5) is 0 Å². The predicted octanol–water partition coefficient (Wildman–Crippen LogP) is -3.92. The third kappa shape index (κ3) is 3.52. The molecule has 0 saturated heterocycles. The minimum absolute atomic E-state index is 1.30. The topological polar surface area (TPSA) is 138 Å². The van der Waals surface area contributed by atoms with E-state index in [0.29, 0.717) is 0 Å². The summed E-state index contributed by atoms with van der Waals surface area (Å²) in [5.74, 6) is -5.65.